The molecule has 0 amide bonds. The summed E-state index contributed by atoms with van der Waals surface area (Å²) in [7, 11) is 0. The van der Waals surface area contributed by atoms with Gasteiger partial charge >= 0.3 is 5.97 Å². The Balaban J connectivity index is 1.97. The van der Waals surface area contributed by atoms with E-state index in [9.17, 15) is 4.79 Å². The van der Waals surface area contributed by atoms with Crippen LogP contribution in [-0.2, 0) is 0 Å². The highest BCUT2D eigenvalue weighted by atomic mass is 32.2. The molecule has 5 heteroatoms. The number of aromatic nitrogens is 1. The number of pyridine rings is 1. The van der Waals surface area contributed by atoms with Crippen molar-refractivity contribution in [1.82, 2.24) is 4.98 Å². The van der Waals surface area contributed by atoms with Crippen molar-refractivity contribution in [2.24, 2.45) is 5.92 Å². The predicted octanol–water partition coefficient (Wildman–Crippen LogP) is 2.64. The largest absolute Gasteiger partial charge is 0.478 e. The molecule has 98 valence electrons. The molecule has 2 heterocycles. The van der Waals surface area contributed by atoms with Crippen LogP contribution in [0.4, 0.5) is 5.82 Å². The highest BCUT2D eigenvalue weighted by molar-refractivity contribution is 7.99. The summed E-state index contributed by atoms with van der Waals surface area (Å²) in [6.07, 6.45) is 2.46. The lowest BCUT2D eigenvalue weighted by Gasteiger charge is -2.21. The van der Waals surface area contributed by atoms with Gasteiger partial charge in [-0.1, -0.05) is 0 Å². The highest BCUT2D eigenvalue weighted by Crippen LogP contribution is 2.23. The van der Waals surface area contributed by atoms with Gasteiger partial charge in [0.25, 0.3) is 0 Å². The molecule has 18 heavy (non-hydrogen) atoms. The molecule has 0 aliphatic carbocycles. The summed E-state index contributed by atoms with van der Waals surface area (Å²) >= 11 is 2.01. The lowest BCUT2D eigenvalue weighted by atomic mass is 10.0. The fourth-order valence-electron chi connectivity index (χ4n) is 2.08. The number of aromatic carboxylic acids is 1. The molecule has 4 nitrogen and oxygen atoms in total. The van der Waals surface area contributed by atoms with Crippen LogP contribution in [0.5, 0.6) is 0 Å². The molecule has 1 fully saturated rings. The molecule has 0 bridgehead atoms. The van der Waals surface area contributed by atoms with Crippen LogP contribution in [0, 0.1) is 12.8 Å². The van der Waals surface area contributed by atoms with Crippen molar-refractivity contribution >= 4 is 23.5 Å². The lowest BCUT2D eigenvalue weighted by Crippen LogP contribution is -2.19. The average molecular weight is 266 g/mol. The highest BCUT2D eigenvalue weighted by Gasteiger charge is 2.14. The van der Waals surface area contributed by atoms with Crippen LogP contribution in [0.3, 0.4) is 0 Å². The maximum Gasteiger partial charge on any atom is 0.335 e. The number of thioether (sulfide) groups is 1. The maximum atomic E-state index is 11.0. The Kier molecular flexibility index (Phi) is 4.47. The first-order chi connectivity index (χ1) is 8.65. The fourth-order valence-corrected chi connectivity index (χ4v) is 3.29. The standard InChI is InChI=1S/C13H18N2O2S/c1-9-6-11(13(16)17)7-12(15-9)14-8-10-2-4-18-5-3-10/h6-7,10H,2-5,8H2,1H3,(H,14,15)(H,16,17). The molecule has 0 atom stereocenters. The molecule has 1 aromatic heterocycles. The van der Waals surface area contributed by atoms with Crippen molar-refractivity contribution in [2.75, 3.05) is 23.4 Å². The van der Waals surface area contributed by atoms with Gasteiger partial charge in [-0.15, -0.1) is 0 Å². The van der Waals surface area contributed by atoms with E-state index in [4.69, 9.17) is 5.11 Å². The number of carboxylic acid groups (broad SMARTS) is 1. The van der Waals surface area contributed by atoms with Gasteiger partial charge in [0.2, 0.25) is 0 Å². The quantitative estimate of drug-likeness (QED) is 0.877. The normalized spacial score (nSPS) is 16.5. The van der Waals surface area contributed by atoms with Gasteiger partial charge in [0.15, 0.2) is 0 Å². The van der Waals surface area contributed by atoms with E-state index in [-0.39, 0.29) is 0 Å². The molecule has 1 saturated heterocycles. The third-order valence-electron chi connectivity index (χ3n) is 3.11. The monoisotopic (exact) mass is 266 g/mol. The van der Waals surface area contributed by atoms with E-state index in [0.717, 1.165) is 12.2 Å². The van der Waals surface area contributed by atoms with Crippen molar-refractivity contribution < 1.29 is 9.90 Å². The van der Waals surface area contributed by atoms with Crippen molar-refractivity contribution in [2.45, 2.75) is 19.8 Å². The van der Waals surface area contributed by atoms with Crippen LogP contribution in [0.25, 0.3) is 0 Å². The summed E-state index contributed by atoms with van der Waals surface area (Å²) in [6, 6.07) is 3.19. The topological polar surface area (TPSA) is 62.2 Å². The number of nitrogens with one attached hydrogen (secondary N) is 1. The third kappa shape index (κ3) is 3.63. The molecular weight excluding hydrogens is 248 g/mol. The van der Waals surface area contributed by atoms with Crippen molar-refractivity contribution in [3.05, 3.63) is 23.4 Å². The number of carboxylic acids is 1. The van der Waals surface area contributed by atoms with Gasteiger partial charge in [0.05, 0.1) is 5.56 Å². The molecule has 1 aliphatic rings. The molecule has 2 rings (SSSR count). The number of carbonyl (C=O) groups is 1. The summed E-state index contributed by atoms with van der Waals surface area (Å²) < 4.78 is 0. The second kappa shape index (κ2) is 6.09. The lowest BCUT2D eigenvalue weighted by molar-refractivity contribution is 0.0696. The van der Waals surface area contributed by atoms with Crippen LogP contribution < -0.4 is 5.32 Å². The second-order valence-electron chi connectivity index (χ2n) is 4.62. The Hall–Kier alpha value is -1.23. The Morgan fingerprint density at radius 2 is 2.22 bits per heavy atom. The van der Waals surface area contributed by atoms with Crippen LogP contribution >= 0.6 is 11.8 Å². The Morgan fingerprint density at radius 1 is 1.50 bits per heavy atom. The van der Waals surface area contributed by atoms with Gasteiger partial charge in [0, 0.05) is 12.2 Å². The maximum absolute atomic E-state index is 11.0. The van der Waals surface area contributed by atoms with Crippen molar-refractivity contribution in [3.63, 3.8) is 0 Å². The minimum atomic E-state index is -0.905. The molecule has 1 aromatic rings. The van der Waals surface area contributed by atoms with Gasteiger partial charge < -0.3 is 10.4 Å². The number of rotatable bonds is 4. The van der Waals surface area contributed by atoms with Gasteiger partial charge in [-0.05, 0) is 49.3 Å². The number of aryl methyl sites for hydroxylation is 1. The zero-order valence-electron chi connectivity index (χ0n) is 10.5. The molecule has 1 aliphatic heterocycles. The van der Waals surface area contributed by atoms with Gasteiger partial charge in [-0.2, -0.15) is 11.8 Å². The molecule has 0 radical (unpaired) electrons. The predicted molar refractivity (Wildman–Crippen MR) is 74.5 cm³/mol. The molecule has 0 unspecified atom stereocenters. The van der Waals surface area contributed by atoms with Crippen LogP contribution in [0.15, 0.2) is 12.1 Å². The number of hydrogen-bond donors (Lipinski definition) is 2. The summed E-state index contributed by atoms with van der Waals surface area (Å²) in [5.41, 5.74) is 1.03. The first kappa shape index (κ1) is 13.2. The Morgan fingerprint density at radius 3 is 2.89 bits per heavy atom. The van der Waals surface area contributed by atoms with Gasteiger partial charge in [-0.3, -0.25) is 0 Å². The number of nitrogens with zero attached hydrogens (tertiary/aromatic N) is 1. The third-order valence-corrected chi connectivity index (χ3v) is 4.16. The zero-order chi connectivity index (χ0) is 13.0. The smallest absolute Gasteiger partial charge is 0.335 e. The first-order valence-electron chi connectivity index (χ1n) is 6.19. The summed E-state index contributed by atoms with van der Waals surface area (Å²) in [6.45, 7) is 2.70. The van der Waals surface area contributed by atoms with Crippen LogP contribution in [0.1, 0.15) is 28.9 Å². The fraction of sp³-hybridized carbons (Fsp3) is 0.538. The van der Waals surface area contributed by atoms with Crippen molar-refractivity contribution in [3.8, 4) is 0 Å². The SMILES string of the molecule is Cc1cc(C(=O)O)cc(NCC2CCSCC2)n1. The number of hydrogen-bond acceptors (Lipinski definition) is 4. The van der Waals surface area contributed by atoms with Gasteiger partial charge in [-0.25, -0.2) is 9.78 Å². The summed E-state index contributed by atoms with van der Waals surface area (Å²) in [5.74, 6) is 2.91. The van der Waals surface area contributed by atoms with E-state index in [0.29, 0.717) is 17.3 Å². The first-order valence-corrected chi connectivity index (χ1v) is 7.34. The molecule has 0 saturated carbocycles. The molecule has 0 spiro atoms. The van der Waals surface area contributed by atoms with E-state index in [1.54, 1.807) is 12.1 Å². The van der Waals surface area contributed by atoms with Crippen LogP contribution in [0.2, 0.25) is 0 Å². The Labute approximate surface area is 111 Å². The zero-order valence-corrected chi connectivity index (χ0v) is 11.3. The minimum Gasteiger partial charge on any atom is -0.478 e. The van der Waals surface area contributed by atoms with E-state index in [2.05, 4.69) is 10.3 Å². The average Bonchev–Trinajstić information content (AvgIpc) is 2.37. The van der Waals surface area contributed by atoms with E-state index in [1.807, 2.05) is 18.7 Å². The minimum absolute atomic E-state index is 0.296. The van der Waals surface area contributed by atoms with Gasteiger partial charge in [0.1, 0.15) is 5.82 Å². The van der Waals surface area contributed by atoms with E-state index >= 15 is 0 Å². The summed E-state index contributed by atoms with van der Waals surface area (Å²) in [5, 5.41) is 12.3. The van der Waals surface area contributed by atoms with E-state index < -0.39 is 5.97 Å². The molecule has 2 N–H and O–H groups in total. The van der Waals surface area contributed by atoms with Crippen molar-refractivity contribution in [1.29, 1.82) is 0 Å². The molecule has 0 aromatic carbocycles. The van der Waals surface area contributed by atoms with E-state index in [1.165, 1.54) is 24.3 Å². The molecular formula is C13H18N2O2S. The Bertz CT molecular complexity index is 431. The van der Waals surface area contributed by atoms with Crippen LogP contribution in [-0.4, -0.2) is 34.1 Å². The second-order valence-corrected chi connectivity index (χ2v) is 5.85. The number of anilines is 1. The summed E-state index contributed by atoms with van der Waals surface area (Å²) in [4.78, 5) is 15.3.